The maximum Gasteiger partial charge on any atom is 0.0987 e. The fourth-order valence-electron chi connectivity index (χ4n) is 1.58. The zero-order valence-electron chi connectivity index (χ0n) is 8.06. The van der Waals surface area contributed by atoms with Crippen LogP contribution >= 0.6 is 0 Å². The molecule has 1 fully saturated rings. The third kappa shape index (κ3) is 2.21. The lowest BCUT2D eigenvalue weighted by Crippen LogP contribution is -2.38. The van der Waals surface area contributed by atoms with Crippen LogP contribution in [-0.4, -0.2) is 37.4 Å². The molecule has 12 heavy (non-hydrogen) atoms. The third-order valence-corrected chi connectivity index (χ3v) is 2.61. The fraction of sp³-hybridized carbons (Fsp3) is 0.889. The Morgan fingerprint density at radius 2 is 2.08 bits per heavy atom. The third-order valence-electron chi connectivity index (χ3n) is 2.61. The molecule has 1 aliphatic heterocycles. The van der Waals surface area contributed by atoms with E-state index < -0.39 is 0 Å². The van der Waals surface area contributed by atoms with E-state index in [-0.39, 0.29) is 0 Å². The highest BCUT2D eigenvalue weighted by molar-refractivity contribution is 5.81. The van der Waals surface area contributed by atoms with E-state index >= 15 is 0 Å². The summed E-state index contributed by atoms with van der Waals surface area (Å²) in [6.45, 7) is 5.19. The van der Waals surface area contributed by atoms with Gasteiger partial charge in [-0.15, -0.1) is 0 Å². The maximum absolute atomic E-state index is 7.89. The lowest BCUT2D eigenvalue weighted by molar-refractivity contribution is 0.404. The lowest BCUT2D eigenvalue weighted by atomic mass is 9.96. The SMILES string of the molecule is CCN(C)C(=N)C1CCNCC1. The first-order chi connectivity index (χ1) is 5.75. The zero-order chi connectivity index (χ0) is 8.97. The Hall–Kier alpha value is -0.570. The molecule has 1 heterocycles. The second kappa shape index (κ2) is 4.45. The van der Waals surface area contributed by atoms with Gasteiger partial charge in [-0.05, 0) is 32.9 Å². The van der Waals surface area contributed by atoms with Crippen molar-refractivity contribution in [3.05, 3.63) is 0 Å². The van der Waals surface area contributed by atoms with Crippen LogP contribution in [0.15, 0.2) is 0 Å². The Morgan fingerprint density at radius 1 is 1.50 bits per heavy atom. The van der Waals surface area contributed by atoms with Gasteiger partial charge in [0.1, 0.15) is 0 Å². The van der Waals surface area contributed by atoms with Crippen LogP contribution in [0, 0.1) is 11.3 Å². The molecule has 2 N–H and O–H groups in total. The summed E-state index contributed by atoms with van der Waals surface area (Å²) in [7, 11) is 2.00. The van der Waals surface area contributed by atoms with Crippen molar-refractivity contribution >= 4 is 5.84 Å². The Bertz CT molecular complexity index is 150. The van der Waals surface area contributed by atoms with E-state index in [4.69, 9.17) is 5.41 Å². The summed E-state index contributed by atoms with van der Waals surface area (Å²) >= 11 is 0. The van der Waals surface area contributed by atoms with Crippen LogP contribution in [0.4, 0.5) is 0 Å². The van der Waals surface area contributed by atoms with Gasteiger partial charge in [-0.25, -0.2) is 0 Å². The topological polar surface area (TPSA) is 39.1 Å². The average molecular weight is 169 g/mol. The van der Waals surface area contributed by atoms with Gasteiger partial charge in [-0.3, -0.25) is 5.41 Å². The van der Waals surface area contributed by atoms with E-state index in [9.17, 15) is 0 Å². The van der Waals surface area contributed by atoms with Gasteiger partial charge in [0.05, 0.1) is 5.84 Å². The molecule has 0 radical (unpaired) electrons. The van der Waals surface area contributed by atoms with E-state index in [2.05, 4.69) is 12.2 Å². The molecule has 0 amide bonds. The number of piperidine rings is 1. The molecule has 0 aromatic rings. The molecule has 0 aliphatic carbocycles. The summed E-state index contributed by atoms with van der Waals surface area (Å²) in [6.07, 6.45) is 2.26. The van der Waals surface area contributed by atoms with Gasteiger partial charge in [-0.2, -0.15) is 0 Å². The summed E-state index contributed by atoms with van der Waals surface area (Å²) in [5, 5.41) is 11.2. The molecule has 0 bridgehead atoms. The van der Waals surface area contributed by atoms with Crippen molar-refractivity contribution in [2.24, 2.45) is 5.92 Å². The fourth-order valence-corrected chi connectivity index (χ4v) is 1.58. The first-order valence-electron chi connectivity index (χ1n) is 4.76. The normalized spacial score (nSPS) is 19.2. The van der Waals surface area contributed by atoms with E-state index in [1.807, 2.05) is 11.9 Å². The summed E-state index contributed by atoms with van der Waals surface area (Å²) in [6, 6.07) is 0. The van der Waals surface area contributed by atoms with Crippen molar-refractivity contribution in [1.82, 2.24) is 10.2 Å². The number of amidine groups is 1. The molecule has 0 atom stereocenters. The molecule has 0 saturated carbocycles. The Kier molecular flexibility index (Phi) is 3.53. The second-order valence-corrected chi connectivity index (χ2v) is 3.42. The molecule has 0 aromatic heterocycles. The minimum absolute atomic E-state index is 0.496. The minimum atomic E-state index is 0.496. The van der Waals surface area contributed by atoms with Crippen LogP contribution in [0.25, 0.3) is 0 Å². The van der Waals surface area contributed by atoms with Gasteiger partial charge >= 0.3 is 0 Å². The summed E-state index contributed by atoms with van der Waals surface area (Å²) in [5.41, 5.74) is 0. The average Bonchev–Trinajstić information content (AvgIpc) is 2.17. The van der Waals surface area contributed by atoms with Gasteiger partial charge in [0.25, 0.3) is 0 Å². The quantitative estimate of drug-likeness (QED) is 0.476. The van der Waals surface area contributed by atoms with Crippen molar-refractivity contribution in [1.29, 1.82) is 5.41 Å². The number of hydrogen-bond donors (Lipinski definition) is 2. The van der Waals surface area contributed by atoms with Crippen molar-refractivity contribution in [3.8, 4) is 0 Å². The molecule has 0 spiro atoms. The van der Waals surface area contributed by atoms with Crippen molar-refractivity contribution in [2.75, 3.05) is 26.7 Å². The molecule has 1 saturated heterocycles. The van der Waals surface area contributed by atoms with Gasteiger partial charge in [0.2, 0.25) is 0 Å². The molecular formula is C9H19N3. The van der Waals surface area contributed by atoms with Gasteiger partial charge in [-0.1, -0.05) is 0 Å². The number of hydrogen-bond acceptors (Lipinski definition) is 2. The number of nitrogens with one attached hydrogen (secondary N) is 2. The predicted octanol–water partition coefficient (Wildman–Crippen LogP) is 0.915. The zero-order valence-corrected chi connectivity index (χ0v) is 8.06. The first-order valence-corrected chi connectivity index (χ1v) is 4.76. The van der Waals surface area contributed by atoms with Crippen LogP contribution in [-0.2, 0) is 0 Å². The van der Waals surface area contributed by atoms with E-state index in [0.29, 0.717) is 5.92 Å². The minimum Gasteiger partial charge on any atom is -0.364 e. The highest BCUT2D eigenvalue weighted by Crippen LogP contribution is 2.14. The molecule has 70 valence electrons. The molecule has 0 unspecified atom stereocenters. The summed E-state index contributed by atoms with van der Waals surface area (Å²) < 4.78 is 0. The highest BCUT2D eigenvalue weighted by Gasteiger charge is 2.19. The lowest BCUT2D eigenvalue weighted by Gasteiger charge is -2.28. The van der Waals surface area contributed by atoms with Crippen LogP contribution in [0.2, 0.25) is 0 Å². The van der Waals surface area contributed by atoms with Crippen LogP contribution in [0.5, 0.6) is 0 Å². The van der Waals surface area contributed by atoms with Gasteiger partial charge in [0.15, 0.2) is 0 Å². The van der Waals surface area contributed by atoms with E-state index in [1.54, 1.807) is 0 Å². The van der Waals surface area contributed by atoms with Crippen LogP contribution in [0.3, 0.4) is 0 Å². The molecule has 3 nitrogen and oxygen atoms in total. The van der Waals surface area contributed by atoms with Crippen molar-refractivity contribution in [3.63, 3.8) is 0 Å². The highest BCUT2D eigenvalue weighted by atomic mass is 15.1. The van der Waals surface area contributed by atoms with Gasteiger partial charge in [0, 0.05) is 19.5 Å². The Morgan fingerprint density at radius 3 is 2.58 bits per heavy atom. The molecule has 0 aromatic carbocycles. The van der Waals surface area contributed by atoms with E-state index in [1.165, 1.54) is 0 Å². The van der Waals surface area contributed by atoms with E-state index in [0.717, 1.165) is 38.3 Å². The first kappa shape index (κ1) is 9.52. The predicted molar refractivity (Wildman–Crippen MR) is 51.6 cm³/mol. The molecule has 1 rings (SSSR count). The molecule has 3 heteroatoms. The number of rotatable bonds is 2. The molecule has 1 aliphatic rings. The molecular weight excluding hydrogens is 150 g/mol. The summed E-state index contributed by atoms with van der Waals surface area (Å²) in [4.78, 5) is 2.04. The number of nitrogens with zero attached hydrogens (tertiary/aromatic N) is 1. The van der Waals surface area contributed by atoms with Crippen molar-refractivity contribution < 1.29 is 0 Å². The maximum atomic E-state index is 7.89. The standard InChI is InChI=1S/C9H19N3/c1-3-12(2)9(10)8-4-6-11-7-5-8/h8,10-11H,3-7H2,1-2H3. The van der Waals surface area contributed by atoms with Crippen molar-refractivity contribution in [2.45, 2.75) is 19.8 Å². The monoisotopic (exact) mass is 169 g/mol. The Labute approximate surface area is 74.6 Å². The summed E-state index contributed by atoms with van der Waals surface area (Å²) in [5.74, 6) is 1.32. The second-order valence-electron chi connectivity index (χ2n) is 3.42. The van der Waals surface area contributed by atoms with Crippen LogP contribution < -0.4 is 5.32 Å². The largest absolute Gasteiger partial charge is 0.364 e. The van der Waals surface area contributed by atoms with Gasteiger partial charge < -0.3 is 10.2 Å². The van der Waals surface area contributed by atoms with Crippen LogP contribution in [0.1, 0.15) is 19.8 Å². The Balaban J connectivity index is 2.39. The smallest absolute Gasteiger partial charge is 0.0987 e.